The topological polar surface area (TPSA) is 37.6 Å². The van der Waals surface area contributed by atoms with Crippen LogP contribution in [0.25, 0.3) is 11.0 Å². The molecule has 0 radical (unpaired) electrons. The van der Waals surface area contributed by atoms with Gasteiger partial charge >= 0.3 is 0 Å². The maximum absolute atomic E-state index is 5.94. The molecule has 1 aliphatic rings. The highest BCUT2D eigenvalue weighted by Gasteiger charge is 2.19. The van der Waals surface area contributed by atoms with Crippen molar-refractivity contribution in [2.24, 2.45) is 0 Å². The van der Waals surface area contributed by atoms with Crippen LogP contribution >= 0.6 is 0 Å². The van der Waals surface area contributed by atoms with Gasteiger partial charge < -0.3 is 14.5 Å². The minimum Gasteiger partial charge on any atom is -0.459 e. The number of furan rings is 1. The fourth-order valence-electron chi connectivity index (χ4n) is 2.54. The van der Waals surface area contributed by atoms with Crippen molar-refractivity contribution in [1.82, 2.24) is 10.2 Å². The molecule has 1 unspecified atom stereocenters. The number of rotatable bonds is 4. The van der Waals surface area contributed by atoms with Crippen LogP contribution in [0.3, 0.4) is 0 Å². The maximum Gasteiger partial charge on any atom is 0.134 e. The van der Waals surface area contributed by atoms with E-state index in [1.54, 1.807) is 0 Å². The molecule has 1 saturated heterocycles. The number of ether oxygens (including phenoxy) is 1. The van der Waals surface area contributed by atoms with Crippen LogP contribution in [0, 0.1) is 0 Å². The lowest BCUT2D eigenvalue weighted by atomic mass is 10.2. The average molecular weight is 260 g/mol. The summed E-state index contributed by atoms with van der Waals surface area (Å²) in [4.78, 5) is 2.41. The van der Waals surface area contributed by atoms with Gasteiger partial charge in [-0.1, -0.05) is 18.2 Å². The van der Waals surface area contributed by atoms with Crippen molar-refractivity contribution in [2.75, 3.05) is 39.9 Å². The number of fused-ring (bicyclic) bond motifs is 1. The first kappa shape index (κ1) is 12.7. The van der Waals surface area contributed by atoms with Crippen molar-refractivity contribution >= 4 is 11.0 Å². The highest BCUT2D eigenvalue weighted by molar-refractivity contribution is 5.77. The Morgan fingerprint density at radius 1 is 1.26 bits per heavy atom. The van der Waals surface area contributed by atoms with E-state index in [9.17, 15) is 0 Å². The minimum absolute atomic E-state index is 0.227. The van der Waals surface area contributed by atoms with Crippen molar-refractivity contribution < 1.29 is 9.15 Å². The number of benzene rings is 1. The van der Waals surface area contributed by atoms with E-state index < -0.39 is 0 Å². The number of nitrogens with zero attached hydrogens (tertiary/aromatic N) is 1. The molecule has 1 N–H and O–H groups in total. The zero-order valence-corrected chi connectivity index (χ0v) is 11.3. The van der Waals surface area contributed by atoms with Crippen LogP contribution in [0.2, 0.25) is 0 Å². The van der Waals surface area contributed by atoms with Gasteiger partial charge in [0, 0.05) is 25.0 Å². The molecule has 0 aliphatic carbocycles. The van der Waals surface area contributed by atoms with Gasteiger partial charge in [0.1, 0.15) is 11.3 Å². The Kier molecular flexibility index (Phi) is 3.82. The fraction of sp³-hybridized carbons (Fsp3) is 0.467. The summed E-state index contributed by atoms with van der Waals surface area (Å²) in [6, 6.07) is 10.5. The molecule has 3 rings (SSSR count). The molecule has 0 bridgehead atoms. The second kappa shape index (κ2) is 5.74. The smallest absolute Gasteiger partial charge is 0.134 e. The molecule has 19 heavy (non-hydrogen) atoms. The fourth-order valence-corrected chi connectivity index (χ4v) is 2.54. The van der Waals surface area contributed by atoms with Crippen LogP contribution in [0.1, 0.15) is 11.8 Å². The first-order valence-electron chi connectivity index (χ1n) is 6.82. The molecule has 1 fully saturated rings. The van der Waals surface area contributed by atoms with Gasteiger partial charge in [0.25, 0.3) is 0 Å². The van der Waals surface area contributed by atoms with Crippen LogP contribution in [0.4, 0.5) is 0 Å². The third kappa shape index (κ3) is 2.81. The molecule has 1 aliphatic heterocycles. The largest absolute Gasteiger partial charge is 0.459 e. The Labute approximate surface area is 113 Å². The van der Waals surface area contributed by atoms with Crippen LogP contribution in [0.15, 0.2) is 34.7 Å². The van der Waals surface area contributed by atoms with Gasteiger partial charge in [-0.2, -0.15) is 0 Å². The van der Waals surface area contributed by atoms with Crippen LogP contribution in [-0.2, 0) is 4.74 Å². The monoisotopic (exact) mass is 260 g/mol. The molecule has 1 aromatic heterocycles. The van der Waals surface area contributed by atoms with E-state index in [4.69, 9.17) is 9.15 Å². The van der Waals surface area contributed by atoms with Gasteiger partial charge in [-0.25, -0.2) is 0 Å². The van der Waals surface area contributed by atoms with E-state index in [0.717, 1.165) is 44.2 Å². The van der Waals surface area contributed by atoms with E-state index in [0.29, 0.717) is 0 Å². The minimum atomic E-state index is 0.227. The van der Waals surface area contributed by atoms with Crippen molar-refractivity contribution in [3.05, 3.63) is 36.1 Å². The highest BCUT2D eigenvalue weighted by atomic mass is 16.5. The van der Waals surface area contributed by atoms with Crippen molar-refractivity contribution in [3.8, 4) is 0 Å². The standard InChI is InChI=1S/C15H20N2O2/c1-16-13(11-17-6-8-18-9-7-17)15-10-12-4-2-3-5-14(12)19-15/h2-5,10,13,16H,6-9,11H2,1H3. The molecule has 0 amide bonds. The zero-order chi connectivity index (χ0) is 13.1. The summed E-state index contributed by atoms with van der Waals surface area (Å²) in [7, 11) is 1.98. The Morgan fingerprint density at radius 3 is 2.79 bits per heavy atom. The normalized spacial score (nSPS) is 18.8. The van der Waals surface area contributed by atoms with E-state index in [-0.39, 0.29) is 6.04 Å². The van der Waals surface area contributed by atoms with E-state index >= 15 is 0 Å². The second-order valence-corrected chi connectivity index (χ2v) is 4.94. The Bertz CT molecular complexity index is 499. The molecular weight excluding hydrogens is 240 g/mol. The number of nitrogens with one attached hydrogen (secondary N) is 1. The number of hydrogen-bond donors (Lipinski definition) is 1. The molecule has 102 valence electrons. The molecule has 0 spiro atoms. The van der Waals surface area contributed by atoms with E-state index in [2.05, 4.69) is 22.3 Å². The number of hydrogen-bond acceptors (Lipinski definition) is 4. The number of para-hydroxylation sites is 1. The lowest BCUT2D eigenvalue weighted by Gasteiger charge is -2.29. The van der Waals surface area contributed by atoms with Crippen LogP contribution in [0.5, 0.6) is 0 Å². The lowest BCUT2D eigenvalue weighted by Crippen LogP contribution is -2.41. The van der Waals surface area contributed by atoms with Gasteiger partial charge in [-0.3, -0.25) is 4.90 Å². The summed E-state index contributed by atoms with van der Waals surface area (Å²) in [6.45, 7) is 4.61. The van der Waals surface area contributed by atoms with E-state index in [1.807, 2.05) is 25.2 Å². The third-order valence-electron chi connectivity index (χ3n) is 3.68. The molecule has 4 nitrogen and oxygen atoms in total. The first-order chi connectivity index (χ1) is 9.36. The quantitative estimate of drug-likeness (QED) is 0.912. The molecule has 4 heteroatoms. The van der Waals surface area contributed by atoms with Gasteiger partial charge in [-0.05, 0) is 19.2 Å². The lowest BCUT2D eigenvalue weighted by molar-refractivity contribution is 0.0328. The first-order valence-corrected chi connectivity index (χ1v) is 6.82. The molecular formula is C15H20N2O2. The average Bonchev–Trinajstić information content (AvgIpc) is 2.89. The Balaban J connectivity index is 1.76. The SMILES string of the molecule is CNC(CN1CCOCC1)c1cc2ccccc2o1. The predicted octanol–water partition coefficient (Wildman–Crippen LogP) is 2.03. The Hall–Kier alpha value is -1.36. The molecule has 2 aromatic rings. The Morgan fingerprint density at radius 2 is 2.05 bits per heavy atom. The molecule has 0 saturated carbocycles. The highest BCUT2D eigenvalue weighted by Crippen LogP contribution is 2.24. The summed E-state index contributed by atoms with van der Waals surface area (Å²) in [5.74, 6) is 1.01. The third-order valence-corrected chi connectivity index (χ3v) is 3.68. The zero-order valence-electron chi connectivity index (χ0n) is 11.3. The van der Waals surface area contributed by atoms with Crippen LogP contribution < -0.4 is 5.32 Å². The molecule has 1 aromatic carbocycles. The summed E-state index contributed by atoms with van der Waals surface area (Å²) in [5.41, 5.74) is 0.958. The summed E-state index contributed by atoms with van der Waals surface area (Å²) < 4.78 is 11.3. The number of morpholine rings is 1. The second-order valence-electron chi connectivity index (χ2n) is 4.94. The van der Waals surface area contributed by atoms with Gasteiger partial charge in [0.05, 0.1) is 19.3 Å². The number of likely N-dealkylation sites (N-methyl/N-ethyl adjacent to an activating group) is 1. The predicted molar refractivity (Wildman–Crippen MR) is 75.3 cm³/mol. The molecule has 2 heterocycles. The summed E-state index contributed by atoms with van der Waals surface area (Å²) in [5, 5.41) is 4.52. The maximum atomic E-state index is 5.94. The summed E-state index contributed by atoms with van der Waals surface area (Å²) >= 11 is 0. The van der Waals surface area contributed by atoms with Crippen LogP contribution in [-0.4, -0.2) is 44.8 Å². The van der Waals surface area contributed by atoms with E-state index in [1.165, 1.54) is 5.39 Å². The van der Waals surface area contributed by atoms with Crippen molar-refractivity contribution in [3.63, 3.8) is 0 Å². The van der Waals surface area contributed by atoms with Crippen molar-refractivity contribution in [2.45, 2.75) is 6.04 Å². The summed E-state index contributed by atoms with van der Waals surface area (Å²) in [6.07, 6.45) is 0. The van der Waals surface area contributed by atoms with Gasteiger partial charge in [0.2, 0.25) is 0 Å². The van der Waals surface area contributed by atoms with Gasteiger partial charge in [0.15, 0.2) is 0 Å². The molecule has 1 atom stereocenters. The van der Waals surface area contributed by atoms with Crippen molar-refractivity contribution in [1.29, 1.82) is 0 Å². The van der Waals surface area contributed by atoms with Gasteiger partial charge in [-0.15, -0.1) is 0 Å².